The Kier molecular flexibility index (Phi) is 6.09. The molecule has 0 aliphatic rings. The van der Waals surface area contributed by atoms with Gasteiger partial charge in [0.2, 0.25) is 0 Å². The van der Waals surface area contributed by atoms with E-state index in [2.05, 4.69) is 16.7 Å². The highest BCUT2D eigenvalue weighted by Gasteiger charge is 2.00. The molecular formula is C16H20N2O2S. The van der Waals surface area contributed by atoms with Gasteiger partial charge in [-0.3, -0.25) is 0 Å². The van der Waals surface area contributed by atoms with Gasteiger partial charge in [-0.25, -0.2) is 4.79 Å². The summed E-state index contributed by atoms with van der Waals surface area (Å²) in [5.41, 5.74) is 1.18. The number of ether oxygens (including phenoxy) is 1. The number of amides is 2. The maximum absolute atomic E-state index is 11.6. The molecule has 0 aliphatic heterocycles. The molecule has 0 bridgehead atoms. The summed E-state index contributed by atoms with van der Waals surface area (Å²) in [7, 11) is 1.65. The molecule has 0 saturated heterocycles. The summed E-state index contributed by atoms with van der Waals surface area (Å²) in [6.45, 7) is 1.28. The molecule has 0 spiro atoms. The lowest BCUT2D eigenvalue weighted by Gasteiger charge is -2.07. The molecule has 0 unspecified atom stereocenters. The van der Waals surface area contributed by atoms with Crippen LogP contribution in [0, 0.1) is 0 Å². The van der Waals surface area contributed by atoms with Crippen molar-refractivity contribution in [3.8, 4) is 5.75 Å². The van der Waals surface area contributed by atoms with Crippen LogP contribution in [-0.4, -0.2) is 26.2 Å². The second kappa shape index (κ2) is 8.32. The van der Waals surface area contributed by atoms with E-state index < -0.39 is 0 Å². The fourth-order valence-electron chi connectivity index (χ4n) is 1.93. The number of carbonyl (C=O) groups is 1. The summed E-state index contributed by atoms with van der Waals surface area (Å²) in [6, 6.07) is 11.9. The van der Waals surface area contributed by atoms with Crippen molar-refractivity contribution in [2.24, 2.45) is 0 Å². The SMILES string of the molecule is COc1ccc(CCNC(=O)NCCc2cccs2)cc1. The van der Waals surface area contributed by atoms with Crippen molar-refractivity contribution in [2.75, 3.05) is 20.2 Å². The van der Waals surface area contributed by atoms with E-state index in [9.17, 15) is 4.79 Å². The van der Waals surface area contributed by atoms with Gasteiger partial charge in [0.15, 0.2) is 0 Å². The number of nitrogens with one attached hydrogen (secondary N) is 2. The number of urea groups is 1. The zero-order valence-corrected chi connectivity index (χ0v) is 12.9. The summed E-state index contributed by atoms with van der Waals surface area (Å²) in [5, 5.41) is 7.77. The van der Waals surface area contributed by atoms with E-state index in [1.54, 1.807) is 18.4 Å². The topological polar surface area (TPSA) is 50.4 Å². The van der Waals surface area contributed by atoms with Crippen LogP contribution in [-0.2, 0) is 12.8 Å². The van der Waals surface area contributed by atoms with Gasteiger partial charge in [-0.1, -0.05) is 18.2 Å². The highest BCUT2D eigenvalue weighted by Crippen LogP contribution is 2.11. The second-order valence-corrected chi connectivity index (χ2v) is 5.64. The number of benzene rings is 1. The van der Waals surface area contributed by atoms with Crippen LogP contribution in [0.4, 0.5) is 4.79 Å². The largest absolute Gasteiger partial charge is 0.497 e. The Morgan fingerprint density at radius 3 is 2.43 bits per heavy atom. The number of hydrogen-bond acceptors (Lipinski definition) is 3. The number of carbonyl (C=O) groups excluding carboxylic acids is 1. The molecule has 2 amide bonds. The minimum Gasteiger partial charge on any atom is -0.497 e. The Morgan fingerprint density at radius 2 is 1.81 bits per heavy atom. The number of hydrogen-bond donors (Lipinski definition) is 2. The number of rotatable bonds is 7. The third-order valence-electron chi connectivity index (χ3n) is 3.10. The fourth-order valence-corrected chi connectivity index (χ4v) is 2.64. The summed E-state index contributed by atoms with van der Waals surface area (Å²) < 4.78 is 5.11. The van der Waals surface area contributed by atoms with Crippen LogP contribution in [0.2, 0.25) is 0 Å². The van der Waals surface area contributed by atoms with E-state index >= 15 is 0 Å². The molecule has 0 atom stereocenters. The van der Waals surface area contributed by atoms with Crippen molar-refractivity contribution in [1.29, 1.82) is 0 Å². The first-order chi connectivity index (χ1) is 10.3. The summed E-state index contributed by atoms with van der Waals surface area (Å²) >= 11 is 1.71. The van der Waals surface area contributed by atoms with Gasteiger partial charge in [-0.05, 0) is 42.0 Å². The van der Waals surface area contributed by atoms with Gasteiger partial charge >= 0.3 is 6.03 Å². The van der Waals surface area contributed by atoms with Gasteiger partial charge in [0, 0.05) is 18.0 Å². The first-order valence-electron chi connectivity index (χ1n) is 6.95. The monoisotopic (exact) mass is 304 g/mol. The van der Waals surface area contributed by atoms with Gasteiger partial charge in [-0.15, -0.1) is 11.3 Å². The average molecular weight is 304 g/mol. The van der Waals surface area contributed by atoms with Crippen LogP contribution < -0.4 is 15.4 Å². The number of thiophene rings is 1. The molecule has 0 aliphatic carbocycles. The van der Waals surface area contributed by atoms with E-state index in [-0.39, 0.29) is 6.03 Å². The Morgan fingerprint density at radius 1 is 1.10 bits per heavy atom. The van der Waals surface area contributed by atoms with E-state index in [1.807, 2.05) is 35.7 Å². The molecule has 1 aromatic carbocycles. The Labute approximate surface area is 129 Å². The van der Waals surface area contributed by atoms with Gasteiger partial charge in [-0.2, -0.15) is 0 Å². The van der Waals surface area contributed by atoms with Crippen LogP contribution in [0.1, 0.15) is 10.4 Å². The lowest BCUT2D eigenvalue weighted by molar-refractivity contribution is 0.241. The molecule has 2 aromatic rings. The molecule has 2 rings (SSSR count). The molecule has 4 nitrogen and oxygen atoms in total. The lowest BCUT2D eigenvalue weighted by Crippen LogP contribution is -2.37. The standard InChI is InChI=1S/C16H20N2O2S/c1-20-14-6-4-13(5-7-14)8-10-17-16(19)18-11-9-15-3-2-12-21-15/h2-7,12H,8-11H2,1H3,(H2,17,18,19). The smallest absolute Gasteiger partial charge is 0.314 e. The predicted molar refractivity (Wildman–Crippen MR) is 86.1 cm³/mol. The zero-order chi connectivity index (χ0) is 14.9. The van der Waals surface area contributed by atoms with E-state index in [1.165, 1.54) is 10.4 Å². The minimum atomic E-state index is -0.111. The van der Waals surface area contributed by atoms with Crippen molar-refractivity contribution in [1.82, 2.24) is 10.6 Å². The average Bonchev–Trinajstić information content (AvgIpc) is 3.01. The zero-order valence-electron chi connectivity index (χ0n) is 12.1. The molecule has 5 heteroatoms. The van der Waals surface area contributed by atoms with Gasteiger partial charge < -0.3 is 15.4 Å². The third-order valence-corrected chi connectivity index (χ3v) is 4.03. The first-order valence-corrected chi connectivity index (χ1v) is 7.83. The molecule has 1 aromatic heterocycles. The molecule has 2 N–H and O–H groups in total. The van der Waals surface area contributed by atoms with Gasteiger partial charge in [0.1, 0.15) is 5.75 Å². The van der Waals surface area contributed by atoms with Crippen molar-refractivity contribution in [3.63, 3.8) is 0 Å². The third kappa shape index (κ3) is 5.47. The van der Waals surface area contributed by atoms with Crippen molar-refractivity contribution in [2.45, 2.75) is 12.8 Å². The first kappa shape index (κ1) is 15.4. The Bertz CT molecular complexity index is 538. The molecule has 1 heterocycles. The quantitative estimate of drug-likeness (QED) is 0.826. The predicted octanol–water partition coefficient (Wildman–Crippen LogP) is 2.84. The van der Waals surface area contributed by atoms with Crippen LogP contribution in [0.25, 0.3) is 0 Å². The summed E-state index contributed by atoms with van der Waals surface area (Å²) in [5.74, 6) is 0.845. The van der Waals surface area contributed by atoms with Crippen LogP contribution in [0.3, 0.4) is 0 Å². The minimum absolute atomic E-state index is 0.111. The highest BCUT2D eigenvalue weighted by atomic mass is 32.1. The Balaban J connectivity index is 1.60. The molecule has 0 fully saturated rings. The summed E-state index contributed by atoms with van der Waals surface area (Å²) in [6.07, 6.45) is 1.69. The molecule has 0 radical (unpaired) electrons. The van der Waals surface area contributed by atoms with Crippen molar-refractivity contribution in [3.05, 3.63) is 52.2 Å². The molecule has 21 heavy (non-hydrogen) atoms. The number of methoxy groups -OCH3 is 1. The van der Waals surface area contributed by atoms with Crippen molar-refractivity contribution < 1.29 is 9.53 Å². The Hall–Kier alpha value is -2.01. The maximum atomic E-state index is 11.6. The molecule has 0 saturated carbocycles. The fraction of sp³-hybridized carbons (Fsp3) is 0.312. The van der Waals surface area contributed by atoms with E-state index in [0.717, 1.165) is 18.6 Å². The van der Waals surface area contributed by atoms with E-state index in [4.69, 9.17) is 4.74 Å². The van der Waals surface area contributed by atoms with E-state index in [0.29, 0.717) is 13.1 Å². The van der Waals surface area contributed by atoms with Crippen LogP contribution in [0.15, 0.2) is 41.8 Å². The second-order valence-electron chi connectivity index (χ2n) is 4.61. The summed E-state index contributed by atoms with van der Waals surface area (Å²) in [4.78, 5) is 12.9. The molecule has 112 valence electrons. The molecular weight excluding hydrogens is 284 g/mol. The van der Waals surface area contributed by atoms with Gasteiger partial charge in [0.25, 0.3) is 0 Å². The van der Waals surface area contributed by atoms with Gasteiger partial charge in [0.05, 0.1) is 7.11 Å². The van der Waals surface area contributed by atoms with Crippen LogP contribution >= 0.6 is 11.3 Å². The maximum Gasteiger partial charge on any atom is 0.314 e. The van der Waals surface area contributed by atoms with Crippen molar-refractivity contribution >= 4 is 17.4 Å². The van der Waals surface area contributed by atoms with Crippen LogP contribution in [0.5, 0.6) is 5.75 Å². The normalized spacial score (nSPS) is 10.1. The lowest BCUT2D eigenvalue weighted by atomic mass is 10.1. The highest BCUT2D eigenvalue weighted by molar-refractivity contribution is 7.09.